The van der Waals surface area contributed by atoms with Gasteiger partial charge in [-0.2, -0.15) is 4.31 Å². The summed E-state index contributed by atoms with van der Waals surface area (Å²) in [5.41, 5.74) is 1.61. The normalized spacial score (nSPS) is 17.6. The van der Waals surface area contributed by atoms with Crippen molar-refractivity contribution >= 4 is 15.8 Å². The van der Waals surface area contributed by atoms with Gasteiger partial charge in [0, 0.05) is 37.8 Å². The molecule has 4 heterocycles. The van der Waals surface area contributed by atoms with Crippen molar-refractivity contribution in [1.29, 1.82) is 0 Å². The highest BCUT2D eigenvalue weighted by Gasteiger charge is 2.30. The number of rotatable bonds is 4. The highest BCUT2D eigenvalue weighted by molar-refractivity contribution is 7.89. The van der Waals surface area contributed by atoms with Crippen LogP contribution in [0.1, 0.15) is 0 Å². The van der Waals surface area contributed by atoms with E-state index in [1.54, 1.807) is 12.1 Å². The number of aromatic nitrogens is 2. The standard InChI is InChI=1S/C23H22N4O6S/c28-34(29,17-2-5-19-22(14-17)31-12-11-30-19)27-9-7-26(8-10-27)23-6-3-18(24-25-23)16-1-4-20-21(13-16)33-15-32-20/h1-6,13-14H,7-12,15H2. The molecular formula is C23H22N4O6S. The maximum atomic E-state index is 13.2. The average Bonchev–Trinajstić information content (AvgIpc) is 3.37. The predicted octanol–water partition coefficient (Wildman–Crippen LogP) is 2.15. The van der Waals surface area contributed by atoms with E-state index in [-0.39, 0.29) is 11.7 Å². The minimum atomic E-state index is -3.64. The van der Waals surface area contributed by atoms with Crippen molar-refractivity contribution < 1.29 is 27.4 Å². The van der Waals surface area contributed by atoms with Gasteiger partial charge in [-0.15, -0.1) is 10.2 Å². The van der Waals surface area contributed by atoms with Gasteiger partial charge in [0.1, 0.15) is 13.2 Å². The molecular weight excluding hydrogens is 460 g/mol. The lowest BCUT2D eigenvalue weighted by Crippen LogP contribution is -2.49. The van der Waals surface area contributed by atoms with Gasteiger partial charge in [0.2, 0.25) is 16.8 Å². The number of fused-ring (bicyclic) bond motifs is 2. The molecule has 1 saturated heterocycles. The molecule has 3 aromatic rings. The number of hydrogen-bond donors (Lipinski definition) is 0. The SMILES string of the molecule is O=S(=O)(c1ccc2c(c1)OCCO2)N1CCN(c2ccc(-c3ccc4c(c3)OCO4)nn2)CC1. The van der Waals surface area contributed by atoms with Crippen LogP contribution in [0.15, 0.2) is 53.4 Å². The highest BCUT2D eigenvalue weighted by atomic mass is 32.2. The fourth-order valence-electron chi connectivity index (χ4n) is 4.19. The third-order valence-electron chi connectivity index (χ3n) is 6.03. The summed E-state index contributed by atoms with van der Waals surface area (Å²) in [5, 5.41) is 8.73. The van der Waals surface area contributed by atoms with Crippen molar-refractivity contribution in [3.05, 3.63) is 48.5 Å². The summed E-state index contributed by atoms with van der Waals surface area (Å²) >= 11 is 0. The van der Waals surface area contributed by atoms with Crippen LogP contribution >= 0.6 is 0 Å². The van der Waals surface area contributed by atoms with Crippen LogP contribution < -0.4 is 23.8 Å². The van der Waals surface area contributed by atoms with E-state index >= 15 is 0 Å². The minimum absolute atomic E-state index is 0.207. The van der Waals surface area contributed by atoms with Gasteiger partial charge in [0.05, 0.1) is 10.6 Å². The van der Waals surface area contributed by atoms with Crippen molar-refractivity contribution in [1.82, 2.24) is 14.5 Å². The van der Waals surface area contributed by atoms with Crippen LogP contribution in [0.4, 0.5) is 5.82 Å². The Labute approximate surface area is 196 Å². The van der Waals surface area contributed by atoms with Gasteiger partial charge in [0.15, 0.2) is 28.8 Å². The van der Waals surface area contributed by atoms with E-state index in [2.05, 4.69) is 10.2 Å². The number of sulfonamides is 1. The Balaban J connectivity index is 1.13. The molecule has 0 spiro atoms. The molecule has 3 aliphatic heterocycles. The van der Waals surface area contributed by atoms with Crippen molar-refractivity contribution in [2.24, 2.45) is 0 Å². The summed E-state index contributed by atoms with van der Waals surface area (Å²) in [6.07, 6.45) is 0. The van der Waals surface area contributed by atoms with Gasteiger partial charge in [0.25, 0.3) is 0 Å². The lowest BCUT2D eigenvalue weighted by atomic mass is 10.1. The van der Waals surface area contributed by atoms with E-state index in [1.165, 1.54) is 10.4 Å². The van der Waals surface area contributed by atoms with E-state index in [0.717, 1.165) is 17.0 Å². The Morgan fingerprint density at radius 1 is 0.706 bits per heavy atom. The molecule has 6 rings (SSSR count). The molecule has 0 radical (unpaired) electrons. The summed E-state index contributed by atoms with van der Waals surface area (Å²) in [6, 6.07) is 14.2. The largest absolute Gasteiger partial charge is 0.486 e. The number of piperazine rings is 1. The van der Waals surface area contributed by atoms with Crippen LogP contribution in [0.25, 0.3) is 11.3 Å². The van der Waals surface area contributed by atoms with Crippen LogP contribution in [0.3, 0.4) is 0 Å². The van der Waals surface area contributed by atoms with Gasteiger partial charge in [-0.3, -0.25) is 0 Å². The first-order valence-corrected chi connectivity index (χ1v) is 12.4. The quantitative estimate of drug-likeness (QED) is 0.553. The van der Waals surface area contributed by atoms with Crippen LogP contribution in [-0.4, -0.2) is 69.1 Å². The van der Waals surface area contributed by atoms with Crippen LogP contribution in [0.2, 0.25) is 0 Å². The lowest BCUT2D eigenvalue weighted by Gasteiger charge is -2.34. The second-order valence-electron chi connectivity index (χ2n) is 8.04. The maximum Gasteiger partial charge on any atom is 0.243 e. The summed E-state index contributed by atoms with van der Waals surface area (Å²) < 4.78 is 49.6. The zero-order chi connectivity index (χ0) is 23.1. The number of hydrogen-bond acceptors (Lipinski definition) is 9. The molecule has 0 amide bonds. The fraction of sp³-hybridized carbons (Fsp3) is 0.304. The number of nitrogens with zero attached hydrogens (tertiary/aromatic N) is 4. The number of anilines is 1. The van der Waals surface area contributed by atoms with E-state index in [9.17, 15) is 8.42 Å². The van der Waals surface area contributed by atoms with Crippen molar-refractivity contribution in [3.63, 3.8) is 0 Å². The first kappa shape index (κ1) is 21.0. The zero-order valence-corrected chi connectivity index (χ0v) is 19.0. The van der Waals surface area contributed by atoms with Crippen LogP contribution in [-0.2, 0) is 10.0 Å². The highest BCUT2D eigenvalue weighted by Crippen LogP contribution is 2.36. The van der Waals surface area contributed by atoms with Gasteiger partial charge >= 0.3 is 0 Å². The first-order chi connectivity index (χ1) is 16.6. The van der Waals surface area contributed by atoms with Crippen molar-refractivity contribution in [2.45, 2.75) is 4.90 Å². The summed E-state index contributed by atoms with van der Waals surface area (Å²) in [7, 11) is -3.64. The zero-order valence-electron chi connectivity index (χ0n) is 18.2. The molecule has 0 N–H and O–H groups in total. The Bertz CT molecular complexity index is 1320. The lowest BCUT2D eigenvalue weighted by molar-refractivity contribution is 0.171. The van der Waals surface area contributed by atoms with Crippen molar-refractivity contribution in [3.8, 4) is 34.3 Å². The fourth-order valence-corrected chi connectivity index (χ4v) is 5.63. The van der Waals surface area contributed by atoms with Crippen LogP contribution in [0.5, 0.6) is 23.0 Å². The molecule has 176 valence electrons. The molecule has 3 aliphatic rings. The van der Waals surface area contributed by atoms with Gasteiger partial charge < -0.3 is 23.8 Å². The molecule has 34 heavy (non-hydrogen) atoms. The third-order valence-corrected chi connectivity index (χ3v) is 7.93. The van der Waals surface area contributed by atoms with E-state index in [4.69, 9.17) is 18.9 Å². The molecule has 0 atom stereocenters. The van der Waals surface area contributed by atoms with Gasteiger partial charge in [-0.1, -0.05) is 0 Å². The number of benzene rings is 2. The van der Waals surface area contributed by atoms with Gasteiger partial charge in [-0.25, -0.2) is 8.42 Å². The Morgan fingerprint density at radius 2 is 1.41 bits per heavy atom. The monoisotopic (exact) mass is 482 g/mol. The summed E-state index contributed by atoms with van der Waals surface area (Å²) in [5.74, 6) is 3.15. The summed E-state index contributed by atoms with van der Waals surface area (Å²) in [4.78, 5) is 2.24. The predicted molar refractivity (Wildman–Crippen MR) is 122 cm³/mol. The molecule has 0 unspecified atom stereocenters. The second-order valence-corrected chi connectivity index (χ2v) is 9.98. The molecule has 0 saturated carbocycles. The van der Waals surface area contributed by atoms with E-state index in [1.807, 2.05) is 35.2 Å². The van der Waals surface area contributed by atoms with E-state index in [0.29, 0.717) is 62.5 Å². The minimum Gasteiger partial charge on any atom is -0.486 e. The van der Waals surface area contributed by atoms with Gasteiger partial charge in [-0.05, 0) is 42.5 Å². The Hall–Kier alpha value is -3.57. The maximum absolute atomic E-state index is 13.2. The third kappa shape index (κ3) is 3.76. The number of ether oxygens (including phenoxy) is 4. The molecule has 11 heteroatoms. The summed E-state index contributed by atoms with van der Waals surface area (Å²) in [6.45, 7) is 2.82. The Morgan fingerprint density at radius 3 is 2.21 bits per heavy atom. The average molecular weight is 483 g/mol. The molecule has 1 fully saturated rings. The Kier molecular flexibility index (Phi) is 5.15. The topological polar surface area (TPSA) is 103 Å². The molecule has 1 aromatic heterocycles. The second kappa shape index (κ2) is 8.33. The molecule has 2 aromatic carbocycles. The molecule has 10 nitrogen and oxygen atoms in total. The molecule has 0 bridgehead atoms. The van der Waals surface area contributed by atoms with Crippen LogP contribution in [0, 0.1) is 0 Å². The van der Waals surface area contributed by atoms with Crippen molar-refractivity contribution in [2.75, 3.05) is 51.1 Å². The smallest absolute Gasteiger partial charge is 0.243 e. The van der Waals surface area contributed by atoms with E-state index < -0.39 is 10.0 Å². The first-order valence-electron chi connectivity index (χ1n) is 11.0. The molecule has 0 aliphatic carbocycles.